The Bertz CT molecular complexity index is 679. The normalized spacial score (nSPS) is 26.7. The van der Waals surface area contributed by atoms with Crippen molar-refractivity contribution in [2.75, 3.05) is 26.3 Å². The number of carboxylic acid groups (broad SMARTS) is 1. The Balaban J connectivity index is 1.90. The van der Waals surface area contributed by atoms with Crippen LogP contribution in [-0.4, -0.2) is 52.8 Å². The van der Waals surface area contributed by atoms with Crippen LogP contribution >= 0.6 is 0 Å². The number of nitrogens with zero attached hydrogens (tertiary/aromatic N) is 2. The molecule has 2 aliphatic rings. The first-order valence-corrected chi connectivity index (χ1v) is 8.57. The zero-order valence-electron chi connectivity index (χ0n) is 14.8. The van der Waals surface area contributed by atoms with E-state index in [9.17, 15) is 14.7 Å². The van der Waals surface area contributed by atoms with Gasteiger partial charge in [0.2, 0.25) is 0 Å². The first kappa shape index (κ1) is 17.0. The Hall–Kier alpha value is -1.82. The largest absolute Gasteiger partial charge is 0.481 e. The second-order valence-corrected chi connectivity index (χ2v) is 7.42. The van der Waals surface area contributed by atoms with E-state index in [0.29, 0.717) is 31.7 Å². The van der Waals surface area contributed by atoms with Crippen LogP contribution in [0, 0.1) is 25.2 Å². The van der Waals surface area contributed by atoms with Crippen molar-refractivity contribution in [3.63, 3.8) is 0 Å². The fourth-order valence-corrected chi connectivity index (χ4v) is 4.41. The molecule has 0 bridgehead atoms. The summed E-state index contributed by atoms with van der Waals surface area (Å²) in [6.45, 7) is 9.75. The number of likely N-dealkylation sites (tertiary alicyclic amines) is 1. The maximum absolute atomic E-state index is 13.0. The molecule has 24 heavy (non-hydrogen) atoms. The quantitative estimate of drug-likeness (QED) is 0.920. The Kier molecular flexibility index (Phi) is 4.20. The molecule has 0 aromatic carbocycles. The first-order valence-electron chi connectivity index (χ1n) is 8.57. The van der Waals surface area contributed by atoms with Crippen molar-refractivity contribution in [1.82, 2.24) is 9.47 Å². The maximum Gasteiger partial charge on any atom is 0.311 e. The predicted octanol–water partition coefficient (Wildman–Crippen LogP) is 2.25. The number of fused-ring (bicyclic) bond motifs is 1. The average Bonchev–Trinajstić information content (AvgIpc) is 3.05. The van der Waals surface area contributed by atoms with Gasteiger partial charge in [-0.1, -0.05) is 0 Å². The zero-order chi connectivity index (χ0) is 17.6. The summed E-state index contributed by atoms with van der Waals surface area (Å²) in [7, 11) is 0. The highest BCUT2D eigenvalue weighted by Crippen LogP contribution is 2.43. The molecule has 0 spiro atoms. The van der Waals surface area contributed by atoms with Gasteiger partial charge in [0.15, 0.2) is 0 Å². The second kappa shape index (κ2) is 5.92. The Morgan fingerprint density at radius 3 is 2.62 bits per heavy atom. The van der Waals surface area contributed by atoms with E-state index in [1.54, 1.807) is 4.90 Å². The minimum absolute atomic E-state index is 0.0648. The first-order chi connectivity index (χ1) is 11.3. The molecule has 1 amide bonds. The van der Waals surface area contributed by atoms with Crippen molar-refractivity contribution in [2.45, 2.75) is 40.2 Å². The number of carbonyl (C=O) groups is 2. The van der Waals surface area contributed by atoms with Crippen LogP contribution in [0.2, 0.25) is 0 Å². The molecule has 1 aromatic heterocycles. The lowest BCUT2D eigenvalue weighted by Gasteiger charge is -2.33. The lowest BCUT2D eigenvalue weighted by Crippen LogP contribution is -2.45. The summed E-state index contributed by atoms with van der Waals surface area (Å²) in [4.78, 5) is 26.6. The number of rotatable bonds is 3. The molecule has 0 unspecified atom stereocenters. The molecule has 0 aliphatic carbocycles. The molecule has 1 N–H and O–H groups in total. The van der Waals surface area contributed by atoms with Gasteiger partial charge in [-0.2, -0.15) is 0 Å². The average molecular weight is 334 g/mol. The summed E-state index contributed by atoms with van der Waals surface area (Å²) in [5.41, 5.74) is 1.83. The molecule has 3 heterocycles. The Morgan fingerprint density at radius 1 is 1.38 bits per heavy atom. The smallest absolute Gasteiger partial charge is 0.311 e. The van der Waals surface area contributed by atoms with Crippen LogP contribution in [-0.2, 0) is 9.53 Å². The summed E-state index contributed by atoms with van der Waals surface area (Å²) >= 11 is 0. The van der Waals surface area contributed by atoms with E-state index in [4.69, 9.17) is 4.74 Å². The van der Waals surface area contributed by atoms with Crippen molar-refractivity contribution in [3.05, 3.63) is 23.0 Å². The van der Waals surface area contributed by atoms with E-state index in [1.165, 1.54) is 0 Å². The summed E-state index contributed by atoms with van der Waals surface area (Å²) in [5.74, 6) is -0.995. The topological polar surface area (TPSA) is 71.8 Å². The van der Waals surface area contributed by atoms with Crippen LogP contribution in [0.4, 0.5) is 0 Å². The van der Waals surface area contributed by atoms with E-state index < -0.39 is 11.4 Å². The van der Waals surface area contributed by atoms with Crippen LogP contribution in [0.1, 0.15) is 48.1 Å². The van der Waals surface area contributed by atoms with Crippen molar-refractivity contribution in [1.29, 1.82) is 0 Å². The van der Waals surface area contributed by atoms with E-state index in [1.807, 2.05) is 19.9 Å². The van der Waals surface area contributed by atoms with Gasteiger partial charge in [-0.15, -0.1) is 0 Å². The van der Waals surface area contributed by atoms with Gasteiger partial charge in [0.1, 0.15) is 0 Å². The van der Waals surface area contributed by atoms with Crippen molar-refractivity contribution >= 4 is 11.9 Å². The number of ether oxygens (including phenoxy) is 1. The van der Waals surface area contributed by atoms with Gasteiger partial charge >= 0.3 is 5.97 Å². The van der Waals surface area contributed by atoms with Crippen LogP contribution < -0.4 is 0 Å². The van der Waals surface area contributed by atoms with Crippen LogP contribution in [0.3, 0.4) is 0 Å². The zero-order valence-corrected chi connectivity index (χ0v) is 14.8. The number of amides is 1. The third-order valence-corrected chi connectivity index (χ3v) is 5.65. The van der Waals surface area contributed by atoms with E-state index >= 15 is 0 Å². The lowest BCUT2D eigenvalue weighted by molar-refractivity contribution is -0.157. The van der Waals surface area contributed by atoms with E-state index in [2.05, 4.69) is 18.4 Å². The summed E-state index contributed by atoms with van der Waals surface area (Å²) in [6, 6.07) is 2.20. The monoisotopic (exact) mass is 334 g/mol. The van der Waals surface area contributed by atoms with Gasteiger partial charge < -0.3 is 19.3 Å². The summed E-state index contributed by atoms with van der Waals surface area (Å²) < 4.78 is 7.61. The van der Waals surface area contributed by atoms with E-state index in [0.717, 1.165) is 11.4 Å². The van der Waals surface area contributed by atoms with Gasteiger partial charge in [-0.05, 0) is 40.2 Å². The number of aliphatic carboxylic acids is 1. The number of aryl methyl sites for hydroxylation is 1. The van der Waals surface area contributed by atoms with Crippen LogP contribution in [0.25, 0.3) is 0 Å². The second-order valence-electron chi connectivity index (χ2n) is 7.42. The molecule has 0 radical (unpaired) electrons. The van der Waals surface area contributed by atoms with Gasteiger partial charge in [0, 0.05) is 43.0 Å². The minimum atomic E-state index is -0.850. The standard InChI is InChI=1S/C18H26N2O4/c1-11(2)20-12(3)7-15(13(20)4)16(21)19-8-14-9-24-6-5-18(14,10-19)17(22)23/h7,11,14H,5-6,8-10H2,1-4H3,(H,22,23)/t14-,18+/m0/s1. The van der Waals surface area contributed by atoms with Gasteiger partial charge in [-0.25, -0.2) is 0 Å². The Morgan fingerprint density at radius 2 is 2.08 bits per heavy atom. The van der Waals surface area contributed by atoms with Crippen molar-refractivity contribution < 1.29 is 19.4 Å². The van der Waals surface area contributed by atoms with Gasteiger partial charge in [0.25, 0.3) is 5.91 Å². The predicted molar refractivity (Wildman–Crippen MR) is 89.2 cm³/mol. The third-order valence-electron chi connectivity index (χ3n) is 5.65. The number of aromatic nitrogens is 1. The maximum atomic E-state index is 13.0. The number of carbonyl (C=O) groups excluding carboxylic acids is 1. The summed E-state index contributed by atoms with van der Waals surface area (Å²) in [6.07, 6.45) is 0.474. The van der Waals surface area contributed by atoms with Crippen LogP contribution in [0.15, 0.2) is 6.07 Å². The lowest BCUT2D eigenvalue weighted by atomic mass is 9.74. The third kappa shape index (κ3) is 2.44. The summed E-state index contributed by atoms with van der Waals surface area (Å²) in [5, 5.41) is 9.75. The van der Waals surface area contributed by atoms with Gasteiger partial charge in [0.05, 0.1) is 17.6 Å². The van der Waals surface area contributed by atoms with E-state index in [-0.39, 0.29) is 24.4 Å². The molecule has 6 heteroatoms. The molecular formula is C18H26N2O4. The number of carboxylic acids is 1. The van der Waals surface area contributed by atoms with Crippen molar-refractivity contribution in [3.8, 4) is 0 Å². The molecule has 6 nitrogen and oxygen atoms in total. The van der Waals surface area contributed by atoms with Crippen LogP contribution in [0.5, 0.6) is 0 Å². The molecule has 132 valence electrons. The molecule has 1 aromatic rings. The highest BCUT2D eigenvalue weighted by molar-refractivity contribution is 5.96. The fourth-order valence-electron chi connectivity index (χ4n) is 4.41. The number of hydrogen-bond acceptors (Lipinski definition) is 3. The molecule has 2 aliphatic heterocycles. The number of hydrogen-bond donors (Lipinski definition) is 1. The molecule has 3 rings (SSSR count). The SMILES string of the molecule is Cc1cc(C(=O)N2C[C@H]3COCC[C@@]3(C(=O)O)C2)c(C)n1C(C)C. The highest BCUT2D eigenvalue weighted by atomic mass is 16.5. The molecule has 2 fully saturated rings. The highest BCUT2D eigenvalue weighted by Gasteiger charge is 2.55. The molecule has 0 saturated carbocycles. The fraction of sp³-hybridized carbons (Fsp3) is 0.667. The van der Waals surface area contributed by atoms with Gasteiger partial charge in [-0.3, -0.25) is 9.59 Å². The molecular weight excluding hydrogens is 308 g/mol. The minimum Gasteiger partial charge on any atom is -0.481 e. The Labute approximate surface area is 142 Å². The molecule has 2 saturated heterocycles. The molecule has 2 atom stereocenters. The van der Waals surface area contributed by atoms with Crippen molar-refractivity contribution in [2.24, 2.45) is 11.3 Å².